The van der Waals surface area contributed by atoms with Crippen molar-refractivity contribution in [3.8, 4) is 22.9 Å². The van der Waals surface area contributed by atoms with Crippen LogP contribution in [0.5, 0.6) is 11.5 Å². The Morgan fingerprint density at radius 2 is 1.83 bits per heavy atom. The number of benzene rings is 2. The second kappa shape index (κ2) is 8.95. The summed E-state index contributed by atoms with van der Waals surface area (Å²) in [6.45, 7) is -0.600. The molecule has 0 saturated carbocycles. The van der Waals surface area contributed by atoms with Crippen LogP contribution in [0.1, 0.15) is 24.4 Å². The molecule has 29 heavy (non-hydrogen) atoms. The molecule has 0 radical (unpaired) electrons. The molecule has 0 aliphatic rings. The first-order valence-electron chi connectivity index (χ1n) is 8.79. The number of aromatic nitrogens is 2. The van der Waals surface area contributed by atoms with Crippen molar-refractivity contribution < 1.29 is 27.2 Å². The summed E-state index contributed by atoms with van der Waals surface area (Å²) >= 11 is 0. The van der Waals surface area contributed by atoms with Gasteiger partial charge in [0.15, 0.2) is 11.5 Å². The second-order valence-electron chi connectivity index (χ2n) is 6.40. The molecule has 2 aromatic carbocycles. The van der Waals surface area contributed by atoms with Gasteiger partial charge in [-0.3, -0.25) is 4.90 Å². The number of halogens is 3. The Kier molecular flexibility index (Phi) is 6.38. The van der Waals surface area contributed by atoms with Gasteiger partial charge in [-0.05, 0) is 49.9 Å². The Morgan fingerprint density at radius 1 is 1.10 bits per heavy atom. The number of methoxy groups -OCH3 is 1. The third kappa shape index (κ3) is 5.05. The van der Waals surface area contributed by atoms with Gasteiger partial charge in [0.05, 0.1) is 13.7 Å². The van der Waals surface area contributed by atoms with Crippen LogP contribution in [0.2, 0.25) is 0 Å². The fourth-order valence-corrected chi connectivity index (χ4v) is 2.78. The third-order valence-electron chi connectivity index (χ3n) is 4.50. The molecular formula is C20H20F3N3O3. The zero-order chi connectivity index (χ0) is 21.0. The van der Waals surface area contributed by atoms with Crippen LogP contribution in [-0.4, -0.2) is 35.8 Å². The van der Waals surface area contributed by atoms with Crippen LogP contribution in [0.4, 0.5) is 13.2 Å². The summed E-state index contributed by atoms with van der Waals surface area (Å²) in [5, 5.41) is 3.94. The highest BCUT2D eigenvalue weighted by Crippen LogP contribution is 2.32. The van der Waals surface area contributed by atoms with Gasteiger partial charge in [-0.1, -0.05) is 17.3 Å². The molecule has 0 aliphatic heterocycles. The van der Waals surface area contributed by atoms with E-state index in [0.29, 0.717) is 23.8 Å². The summed E-state index contributed by atoms with van der Waals surface area (Å²) in [4.78, 5) is 6.33. The number of alkyl halides is 2. The molecule has 0 spiro atoms. The monoisotopic (exact) mass is 407 g/mol. The van der Waals surface area contributed by atoms with Crippen molar-refractivity contribution in [2.24, 2.45) is 0 Å². The van der Waals surface area contributed by atoms with Gasteiger partial charge >= 0.3 is 6.61 Å². The fraction of sp³-hybridized carbons (Fsp3) is 0.300. The first-order chi connectivity index (χ1) is 13.9. The predicted octanol–water partition coefficient (Wildman–Crippen LogP) is 4.68. The van der Waals surface area contributed by atoms with Gasteiger partial charge in [0, 0.05) is 11.6 Å². The van der Waals surface area contributed by atoms with E-state index in [9.17, 15) is 13.2 Å². The lowest BCUT2D eigenvalue weighted by atomic mass is 10.1. The van der Waals surface area contributed by atoms with Crippen molar-refractivity contribution in [1.82, 2.24) is 15.0 Å². The minimum absolute atomic E-state index is 0.00294. The van der Waals surface area contributed by atoms with Crippen molar-refractivity contribution in [2.75, 3.05) is 14.2 Å². The summed E-state index contributed by atoms with van der Waals surface area (Å²) in [6.07, 6.45) is 0. The zero-order valence-corrected chi connectivity index (χ0v) is 16.1. The summed E-state index contributed by atoms with van der Waals surface area (Å²) in [7, 11) is 3.24. The Bertz CT molecular complexity index is 948. The fourth-order valence-electron chi connectivity index (χ4n) is 2.78. The molecular weight excluding hydrogens is 387 g/mol. The molecule has 1 atom stereocenters. The maximum absolute atomic E-state index is 13.1. The third-order valence-corrected chi connectivity index (χ3v) is 4.50. The lowest BCUT2D eigenvalue weighted by Crippen LogP contribution is -2.22. The van der Waals surface area contributed by atoms with Crippen LogP contribution < -0.4 is 9.47 Å². The van der Waals surface area contributed by atoms with E-state index >= 15 is 0 Å². The number of ether oxygens (including phenoxy) is 2. The van der Waals surface area contributed by atoms with Gasteiger partial charge in [-0.2, -0.15) is 13.8 Å². The zero-order valence-electron chi connectivity index (χ0n) is 16.1. The van der Waals surface area contributed by atoms with Crippen molar-refractivity contribution in [1.29, 1.82) is 0 Å². The highest BCUT2D eigenvalue weighted by molar-refractivity contribution is 5.60. The van der Waals surface area contributed by atoms with E-state index in [2.05, 4.69) is 14.9 Å². The average Bonchev–Trinajstić information content (AvgIpc) is 3.16. The maximum Gasteiger partial charge on any atom is 0.387 e. The first kappa shape index (κ1) is 20.7. The highest BCUT2D eigenvalue weighted by atomic mass is 19.3. The Hall–Kier alpha value is -3.07. The highest BCUT2D eigenvalue weighted by Gasteiger charge is 2.18. The van der Waals surface area contributed by atoms with Crippen LogP contribution >= 0.6 is 0 Å². The maximum atomic E-state index is 13.1. The molecule has 1 heterocycles. The molecule has 6 nitrogen and oxygen atoms in total. The van der Waals surface area contributed by atoms with Gasteiger partial charge in [0.25, 0.3) is 0 Å². The molecule has 0 bridgehead atoms. The molecule has 0 aliphatic carbocycles. The predicted molar refractivity (Wildman–Crippen MR) is 99.2 cm³/mol. The molecule has 1 aromatic heterocycles. The SMILES string of the molecule is COc1cc(-c2noc(CN(C)C(C)c3ccc(F)cc3)n2)ccc1OC(F)F. The van der Waals surface area contributed by atoms with E-state index in [0.717, 1.165) is 5.56 Å². The largest absolute Gasteiger partial charge is 0.493 e. The summed E-state index contributed by atoms with van der Waals surface area (Å²) in [5.74, 6) is 0.442. The average molecular weight is 407 g/mol. The Labute approximate surface area is 165 Å². The van der Waals surface area contributed by atoms with Crippen molar-refractivity contribution >= 4 is 0 Å². The van der Waals surface area contributed by atoms with Gasteiger partial charge in [0.1, 0.15) is 5.82 Å². The molecule has 1 unspecified atom stereocenters. The minimum Gasteiger partial charge on any atom is -0.493 e. The normalized spacial score (nSPS) is 12.4. The van der Waals surface area contributed by atoms with Crippen LogP contribution in [0.25, 0.3) is 11.4 Å². The van der Waals surface area contributed by atoms with Crippen LogP contribution in [-0.2, 0) is 6.54 Å². The number of hydrogen-bond acceptors (Lipinski definition) is 6. The van der Waals surface area contributed by atoms with Gasteiger partial charge in [-0.15, -0.1) is 0 Å². The Morgan fingerprint density at radius 3 is 2.48 bits per heavy atom. The molecule has 9 heteroatoms. The van der Waals surface area contributed by atoms with E-state index in [1.165, 1.54) is 31.4 Å². The summed E-state index contributed by atoms with van der Waals surface area (Å²) in [6, 6.07) is 10.7. The van der Waals surface area contributed by atoms with E-state index < -0.39 is 6.61 Å². The standard InChI is InChI=1S/C20H20F3N3O3/c1-12(13-4-7-15(21)8-5-13)26(2)11-18-24-19(25-29-18)14-6-9-16(28-20(22)23)17(10-14)27-3/h4-10,12,20H,11H2,1-3H3. The second-order valence-corrected chi connectivity index (χ2v) is 6.40. The van der Waals surface area contributed by atoms with Crippen LogP contribution in [0.15, 0.2) is 47.0 Å². The molecule has 0 saturated heterocycles. The topological polar surface area (TPSA) is 60.6 Å². The van der Waals surface area contributed by atoms with Crippen LogP contribution in [0, 0.1) is 5.82 Å². The number of rotatable bonds is 8. The molecule has 0 amide bonds. The van der Waals surface area contributed by atoms with Gasteiger partial charge in [0.2, 0.25) is 11.7 Å². The number of hydrogen-bond donors (Lipinski definition) is 0. The molecule has 0 N–H and O–H groups in total. The van der Waals surface area contributed by atoms with E-state index in [1.54, 1.807) is 18.2 Å². The summed E-state index contributed by atoms with van der Waals surface area (Å²) < 4.78 is 52.8. The number of nitrogens with zero attached hydrogens (tertiary/aromatic N) is 3. The Balaban J connectivity index is 1.72. The summed E-state index contributed by atoms with van der Waals surface area (Å²) in [5.41, 5.74) is 1.49. The molecule has 3 rings (SSSR count). The quantitative estimate of drug-likeness (QED) is 0.540. The van der Waals surface area contributed by atoms with Crippen LogP contribution in [0.3, 0.4) is 0 Å². The molecule has 154 valence electrons. The van der Waals surface area contributed by atoms with Gasteiger partial charge < -0.3 is 14.0 Å². The minimum atomic E-state index is -2.95. The lowest BCUT2D eigenvalue weighted by molar-refractivity contribution is -0.0512. The molecule has 0 fully saturated rings. The van der Waals surface area contributed by atoms with E-state index in [-0.39, 0.29) is 23.4 Å². The van der Waals surface area contributed by atoms with Gasteiger partial charge in [-0.25, -0.2) is 4.39 Å². The van der Waals surface area contributed by atoms with Crippen molar-refractivity contribution in [3.05, 3.63) is 59.7 Å². The van der Waals surface area contributed by atoms with Crippen molar-refractivity contribution in [3.63, 3.8) is 0 Å². The van der Waals surface area contributed by atoms with E-state index in [4.69, 9.17) is 9.26 Å². The lowest BCUT2D eigenvalue weighted by Gasteiger charge is -2.23. The first-order valence-corrected chi connectivity index (χ1v) is 8.79. The molecule has 3 aromatic rings. The van der Waals surface area contributed by atoms with E-state index in [1.807, 2.05) is 18.9 Å². The van der Waals surface area contributed by atoms with Crippen molar-refractivity contribution in [2.45, 2.75) is 26.1 Å². The smallest absolute Gasteiger partial charge is 0.387 e.